The lowest BCUT2D eigenvalue weighted by Gasteiger charge is -2.12. The van der Waals surface area contributed by atoms with Crippen molar-refractivity contribution in [3.05, 3.63) is 93.2 Å². The van der Waals surface area contributed by atoms with E-state index in [1.54, 1.807) is 24.3 Å². The van der Waals surface area contributed by atoms with E-state index in [-0.39, 0.29) is 5.91 Å². The minimum absolute atomic E-state index is 0.0914. The highest BCUT2D eigenvalue weighted by molar-refractivity contribution is 6.32. The topological polar surface area (TPSA) is 56.1 Å². The molecule has 3 aromatic carbocycles. The minimum Gasteiger partial charge on any atom is -0.494 e. The summed E-state index contributed by atoms with van der Waals surface area (Å²) in [4.78, 5) is 17.2. The number of aryl methyl sites for hydroxylation is 4. The van der Waals surface area contributed by atoms with Crippen molar-refractivity contribution in [2.75, 3.05) is 13.2 Å². The molecule has 1 aromatic heterocycles. The molecule has 0 bridgehead atoms. The number of hydrogen-bond donors (Lipinski definition) is 1. The predicted octanol–water partition coefficient (Wildman–Crippen LogP) is 7.18. The third-order valence-corrected chi connectivity index (χ3v) is 7.01. The second-order valence-electron chi connectivity index (χ2n) is 8.96. The molecule has 36 heavy (non-hydrogen) atoms. The summed E-state index contributed by atoms with van der Waals surface area (Å²) in [5.41, 5.74) is 4.82. The Morgan fingerprint density at radius 3 is 2.44 bits per heavy atom. The summed E-state index contributed by atoms with van der Waals surface area (Å²) >= 11 is 12.2. The van der Waals surface area contributed by atoms with E-state index in [2.05, 4.69) is 16.0 Å². The van der Waals surface area contributed by atoms with Crippen LogP contribution in [0.15, 0.2) is 60.7 Å². The molecule has 1 heterocycles. The van der Waals surface area contributed by atoms with Crippen LogP contribution in [0.3, 0.4) is 0 Å². The number of imidazole rings is 1. The van der Waals surface area contributed by atoms with Gasteiger partial charge in [-0.25, -0.2) is 4.98 Å². The second-order valence-corrected chi connectivity index (χ2v) is 9.78. The Kier molecular flexibility index (Phi) is 8.89. The number of carbonyl (C=O) groups excluding carboxylic acids is 1. The van der Waals surface area contributed by atoms with Gasteiger partial charge in [-0.1, -0.05) is 35.3 Å². The van der Waals surface area contributed by atoms with Crippen LogP contribution in [-0.4, -0.2) is 28.6 Å². The number of nitrogens with zero attached hydrogens (tertiary/aromatic N) is 2. The second kappa shape index (κ2) is 12.3. The molecule has 0 saturated carbocycles. The normalized spacial score (nSPS) is 11.1. The van der Waals surface area contributed by atoms with E-state index >= 15 is 0 Å². The standard InChI is InChI=1S/C29H31Cl2N3O2/c1-20-18-24(19-21(2)28(20)31)36-17-6-5-16-34-26-9-4-3-8-25(26)33-27(34)10-7-15-32-29(35)22-11-13-23(30)14-12-22/h3-4,8-9,11-14,18-19H,5-7,10,15-17H2,1-2H3,(H,32,35). The van der Waals surface area contributed by atoms with Gasteiger partial charge >= 0.3 is 0 Å². The van der Waals surface area contributed by atoms with E-state index < -0.39 is 0 Å². The molecule has 0 saturated heterocycles. The lowest BCUT2D eigenvalue weighted by atomic mass is 10.1. The number of carbonyl (C=O) groups is 1. The maximum atomic E-state index is 12.3. The molecule has 0 unspecified atom stereocenters. The Morgan fingerprint density at radius 2 is 1.69 bits per heavy atom. The summed E-state index contributed by atoms with van der Waals surface area (Å²) in [6, 6.07) is 19.1. The van der Waals surface area contributed by atoms with Gasteiger partial charge < -0.3 is 14.6 Å². The molecule has 4 rings (SSSR count). The summed E-state index contributed by atoms with van der Waals surface area (Å²) in [6.07, 6.45) is 3.51. The molecule has 4 aromatic rings. The van der Waals surface area contributed by atoms with Crippen LogP contribution in [0.5, 0.6) is 5.75 Å². The monoisotopic (exact) mass is 523 g/mol. The number of halogens is 2. The molecular weight excluding hydrogens is 493 g/mol. The Bertz CT molecular complexity index is 1310. The molecule has 0 aliphatic heterocycles. The molecule has 0 atom stereocenters. The van der Waals surface area contributed by atoms with Crippen LogP contribution in [-0.2, 0) is 13.0 Å². The van der Waals surface area contributed by atoms with Gasteiger partial charge in [-0.05, 0) is 92.8 Å². The summed E-state index contributed by atoms with van der Waals surface area (Å²) < 4.78 is 8.27. The van der Waals surface area contributed by atoms with Gasteiger partial charge in [-0.3, -0.25) is 4.79 Å². The number of para-hydroxylation sites is 2. The molecular formula is C29H31Cl2N3O2. The van der Waals surface area contributed by atoms with Crippen molar-refractivity contribution in [1.29, 1.82) is 0 Å². The molecule has 0 spiro atoms. The summed E-state index contributed by atoms with van der Waals surface area (Å²) in [5, 5.41) is 4.40. The van der Waals surface area contributed by atoms with E-state index in [1.807, 2.05) is 44.2 Å². The van der Waals surface area contributed by atoms with Gasteiger partial charge in [0.1, 0.15) is 11.6 Å². The van der Waals surface area contributed by atoms with Gasteiger partial charge in [0.15, 0.2) is 0 Å². The summed E-state index contributed by atoms with van der Waals surface area (Å²) in [7, 11) is 0. The van der Waals surface area contributed by atoms with Crippen molar-refractivity contribution in [1.82, 2.24) is 14.9 Å². The number of amides is 1. The van der Waals surface area contributed by atoms with Crippen molar-refractivity contribution in [3.63, 3.8) is 0 Å². The molecule has 0 fully saturated rings. The van der Waals surface area contributed by atoms with Gasteiger partial charge in [0, 0.05) is 35.1 Å². The number of unbranched alkanes of at least 4 members (excludes halogenated alkanes) is 1. The largest absolute Gasteiger partial charge is 0.494 e. The third-order valence-electron chi connectivity index (χ3n) is 6.16. The van der Waals surface area contributed by atoms with Crippen LogP contribution >= 0.6 is 23.2 Å². The highest BCUT2D eigenvalue weighted by atomic mass is 35.5. The van der Waals surface area contributed by atoms with Crippen molar-refractivity contribution < 1.29 is 9.53 Å². The van der Waals surface area contributed by atoms with Crippen molar-refractivity contribution in [3.8, 4) is 5.75 Å². The van der Waals surface area contributed by atoms with Crippen molar-refractivity contribution in [2.24, 2.45) is 0 Å². The zero-order valence-corrected chi connectivity index (χ0v) is 22.2. The van der Waals surface area contributed by atoms with Crippen LogP contribution in [0.25, 0.3) is 11.0 Å². The number of nitrogens with one attached hydrogen (secondary N) is 1. The van der Waals surface area contributed by atoms with Crippen LogP contribution in [0.2, 0.25) is 10.0 Å². The molecule has 7 heteroatoms. The molecule has 0 aliphatic rings. The fraction of sp³-hybridized carbons (Fsp3) is 0.310. The first-order chi connectivity index (χ1) is 17.4. The SMILES string of the molecule is Cc1cc(OCCCCn2c(CCCNC(=O)c3ccc(Cl)cc3)nc3ccccc32)cc(C)c1Cl. The molecule has 5 nitrogen and oxygen atoms in total. The van der Waals surface area contributed by atoms with Crippen molar-refractivity contribution >= 4 is 40.1 Å². The summed E-state index contributed by atoms with van der Waals surface area (Å²) in [6.45, 7) is 6.10. The first kappa shape index (κ1) is 26.1. The van der Waals surface area contributed by atoms with Crippen molar-refractivity contribution in [2.45, 2.75) is 46.1 Å². The van der Waals surface area contributed by atoms with Gasteiger partial charge in [0.05, 0.1) is 17.6 Å². The van der Waals surface area contributed by atoms with Gasteiger partial charge in [0.25, 0.3) is 5.91 Å². The molecule has 1 amide bonds. The number of ether oxygens (including phenoxy) is 1. The Hall–Kier alpha value is -3.02. The van der Waals surface area contributed by atoms with Crippen LogP contribution in [0.1, 0.15) is 46.6 Å². The fourth-order valence-corrected chi connectivity index (χ4v) is 4.50. The number of rotatable bonds is 11. The first-order valence-corrected chi connectivity index (χ1v) is 13.1. The first-order valence-electron chi connectivity index (χ1n) is 12.3. The quantitative estimate of drug-likeness (QED) is 0.212. The minimum atomic E-state index is -0.0914. The lowest BCUT2D eigenvalue weighted by Crippen LogP contribution is -2.25. The highest BCUT2D eigenvalue weighted by Gasteiger charge is 2.11. The fourth-order valence-electron chi connectivity index (χ4n) is 4.27. The number of benzene rings is 3. The lowest BCUT2D eigenvalue weighted by molar-refractivity contribution is 0.0953. The smallest absolute Gasteiger partial charge is 0.251 e. The molecule has 0 aliphatic carbocycles. The van der Waals surface area contributed by atoms with Crippen LogP contribution in [0.4, 0.5) is 0 Å². The van der Waals surface area contributed by atoms with Gasteiger partial charge in [0.2, 0.25) is 0 Å². The zero-order chi connectivity index (χ0) is 25.5. The molecule has 0 radical (unpaired) electrons. The average Bonchev–Trinajstić information content (AvgIpc) is 3.22. The Balaban J connectivity index is 1.29. The van der Waals surface area contributed by atoms with E-state index in [1.165, 1.54) is 0 Å². The van der Waals surface area contributed by atoms with Gasteiger partial charge in [-0.2, -0.15) is 0 Å². The zero-order valence-electron chi connectivity index (χ0n) is 20.7. The Morgan fingerprint density at radius 1 is 0.972 bits per heavy atom. The maximum absolute atomic E-state index is 12.3. The number of aromatic nitrogens is 2. The number of hydrogen-bond acceptors (Lipinski definition) is 3. The molecule has 1 N–H and O–H groups in total. The van der Waals surface area contributed by atoms with E-state index in [4.69, 9.17) is 32.9 Å². The maximum Gasteiger partial charge on any atom is 0.251 e. The third kappa shape index (κ3) is 6.59. The Labute approximate surface area is 222 Å². The molecule has 188 valence electrons. The summed E-state index contributed by atoms with van der Waals surface area (Å²) in [5.74, 6) is 1.82. The van der Waals surface area contributed by atoms with E-state index in [0.29, 0.717) is 23.7 Å². The predicted molar refractivity (Wildman–Crippen MR) is 147 cm³/mol. The van der Waals surface area contributed by atoms with Crippen LogP contribution < -0.4 is 10.1 Å². The average molecular weight is 524 g/mol. The highest BCUT2D eigenvalue weighted by Crippen LogP contribution is 2.26. The van der Waals surface area contributed by atoms with Crippen LogP contribution in [0, 0.1) is 13.8 Å². The van der Waals surface area contributed by atoms with Gasteiger partial charge in [-0.15, -0.1) is 0 Å². The number of fused-ring (bicyclic) bond motifs is 1. The van der Waals surface area contributed by atoms with E-state index in [0.717, 1.165) is 71.0 Å². The van der Waals surface area contributed by atoms with E-state index in [9.17, 15) is 4.79 Å².